The van der Waals surface area contributed by atoms with Crippen LogP contribution in [0.25, 0.3) is 0 Å². The molecule has 2 nitrogen and oxygen atoms in total. The smallest absolute Gasteiger partial charge is 0.137 e. The van der Waals surface area contributed by atoms with Gasteiger partial charge in [-0.15, -0.1) is 0 Å². The van der Waals surface area contributed by atoms with Crippen LogP contribution in [0.2, 0.25) is 5.02 Å². The second-order valence-electron chi connectivity index (χ2n) is 3.67. The Morgan fingerprint density at radius 1 is 1.44 bits per heavy atom. The molecule has 1 atom stereocenters. The summed E-state index contributed by atoms with van der Waals surface area (Å²) in [6.45, 7) is 0.599. The van der Waals surface area contributed by atoms with Gasteiger partial charge in [0.05, 0.1) is 6.61 Å². The molecule has 86 valence electrons. The molecule has 1 aliphatic heterocycles. The van der Waals surface area contributed by atoms with Crippen molar-refractivity contribution in [3.8, 4) is 0 Å². The number of aliphatic hydroxyl groups is 1. The van der Waals surface area contributed by atoms with Crippen molar-refractivity contribution in [3.63, 3.8) is 0 Å². The van der Waals surface area contributed by atoms with Crippen molar-refractivity contribution in [1.82, 2.24) is 0 Å². The van der Waals surface area contributed by atoms with Crippen LogP contribution in [0, 0.1) is 5.82 Å². The summed E-state index contributed by atoms with van der Waals surface area (Å²) in [4.78, 5) is 0. The summed E-state index contributed by atoms with van der Waals surface area (Å²) in [5, 5.41) is 10.2. The fraction of sp³-hybridized carbons (Fsp3) is 0.333. The minimum absolute atomic E-state index is 0.211. The lowest BCUT2D eigenvalue weighted by molar-refractivity contribution is 0.0918. The van der Waals surface area contributed by atoms with Gasteiger partial charge in [0.1, 0.15) is 17.7 Å². The summed E-state index contributed by atoms with van der Waals surface area (Å²) in [5.74, 6) is 0.0826. The van der Waals surface area contributed by atoms with Gasteiger partial charge in [-0.05, 0) is 31.1 Å². The highest BCUT2D eigenvalue weighted by Crippen LogP contribution is 2.30. The molecule has 0 aliphatic carbocycles. The van der Waals surface area contributed by atoms with Gasteiger partial charge < -0.3 is 9.84 Å². The first-order valence-electron chi connectivity index (χ1n) is 5.14. The highest BCUT2D eigenvalue weighted by Gasteiger charge is 2.19. The number of rotatable bonds is 2. The maximum absolute atomic E-state index is 12.8. The quantitative estimate of drug-likeness (QED) is 0.863. The summed E-state index contributed by atoms with van der Waals surface area (Å²) < 4.78 is 18.2. The largest absolute Gasteiger partial charge is 0.495 e. The van der Waals surface area contributed by atoms with Crippen molar-refractivity contribution >= 4 is 11.6 Å². The summed E-state index contributed by atoms with van der Waals surface area (Å²) >= 11 is 5.86. The Morgan fingerprint density at radius 3 is 2.88 bits per heavy atom. The number of allylic oxidation sites excluding steroid dienone is 1. The van der Waals surface area contributed by atoms with Gasteiger partial charge in [0.15, 0.2) is 0 Å². The SMILES string of the molecule is OC(C1=CCCCO1)c1ccc(F)cc1Cl. The van der Waals surface area contributed by atoms with E-state index in [-0.39, 0.29) is 5.02 Å². The van der Waals surface area contributed by atoms with Gasteiger partial charge in [-0.3, -0.25) is 0 Å². The van der Waals surface area contributed by atoms with Crippen molar-refractivity contribution < 1.29 is 14.2 Å². The van der Waals surface area contributed by atoms with Gasteiger partial charge in [-0.1, -0.05) is 17.7 Å². The zero-order valence-corrected chi connectivity index (χ0v) is 9.38. The van der Waals surface area contributed by atoms with Crippen LogP contribution >= 0.6 is 11.6 Å². The van der Waals surface area contributed by atoms with Crippen LogP contribution in [0.3, 0.4) is 0 Å². The van der Waals surface area contributed by atoms with Gasteiger partial charge in [-0.2, -0.15) is 0 Å². The number of benzene rings is 1. The van der Waals surface area contributed by atoms with E-state index in [2.05, 4.69) is 0 Å². The minimum Gasteiger partial charge on any atom is -0.495 e. The molecule has 0 bridgehead atoms. The van der Waals surface area contributed by atoms with E-state index in [1.54, 1.807) is 0 Å². The van der Waals surface area contributed by atoms with Crippen LogP contribution in [0.4, 0.5) is 4.39 Å². The maximum Gasteiger partial charge on any atom is 0.137 e. The fourth-order valence-electron chi connectivity index (χ4n) is 1.64. The Kier molecular flexibility index (Phi) is 3.46. The lowest BCUT2D eigenvalue weighted by Crippen LogP contribution is -2.10. The molecule has 0 saturated carbocycles. The van der Waals surface area contributed by atoms with Crippen LogP contribution in [-0.4, -0.2) is 11.7 Å². The fourth-order valence-corrected chi connectivity index (χ4v) is 1.91. The lowest BCUT2D eigenvalue weighted by Gasteiger charge is -2.20. The van der Waals surface area contributed by atoms with E-state index in [9.17, 15) is 9.50 Å². The van der Waals surface area contributed by atoms with E-state index >= 15 is 0 Å². The third kappa shape index (κ3) is 2.36. The maximum atomic E-state index is 12.8. The predicted molar refractivity (Wildman–Crippen MR) is 59.6 cm³/mol. The molecule has 0 fully saturated rings. The molecular weight excluding hydrogens is 231 g/mol. The van der Waals surface area contributed by atoms with Gasteiger partial charge in [-0.25, -0.2) is 4.39 Å². The van der Waals surface area contributed by atoms with Gasteiger partial charge in [0.2, 0.25) is 0 Å². The highest BCUT2D eigenvalue weighted by molar-refractivity contribution is 6.31. The first kappa shape index (κ1) is 11.4. The summed E-state index contributed by atoms with van der Waals surface area (Å²) in [6.07, 6.45) is 2.76. The summed E-state index contributed by atoms with van der Waals surface area (Å²) in [6, 6.07) is 3.93. The van der Waals surface area contributed by atoms with Crippen molar-refractivity contribution in [3.05, 3.63) is 46.4 Å². The Labute approximate surface area is 98.3 Å². The van der Waals surface area contributed by atoms with Crippen molar-refractivity contribution in [2.45, 2.75) is 18.9 Å². The second kappa shape index (κ2) is 4.85. The number of aliphatic hydroxyl groups excluding tert-OH is 1. The van der Waals surface area contributed by atoms with Crippen molar-refractivity contribution in [1.29, 1.82) is 0 Å². The monoisotopic (exact) mass is 242 g/mol. The molecule has 1 N–H and O–H groups in total. The summed E-state index contributed by atoms with van der Waals surface area (Å²) in [5.41, 5.74) is 0.469. The highest BCUT2D eigenvalue weighted by atomic mass is 35.5. The predicted octanol–water partition coefficient (Wildman–Crippen LogP) is 3.21. The first-order chi connectivity index (χ1) is 7.68. The molecule has 0 aromatic heterocycles. The molecule has 1 aromatic rings. The molecule has 2 rings (SSSR count). The van der Waals surface area contributed by atoms with E-state index in [4.69, 9.17) is 16.3 Å². The second-order valence-corrected chi connectivity index (χ2v) is 4.07. The first-order valence-corrected chi connectivity index (χ1v) is 5.52. The van der Waals surface area contributed by atoms with E-state index in [1.165, 1.54) is 18.2 Å². The molecule has 1 heterocycles. The molecule has 1 aromatic carbocycles. The van der Waals surface area contributed by atoms with E-state index in [1.807, 2.05) is 6.08 Å². The number of ether oxygens (including phenoxy) is 1. The van der Waals surface area contributed by atoms with E-state index < -0.39 is 11.9 Å². The van der Waals surface area contributed by atoms with Crippen LogP contribution < -0.4 is 0 Å². The summed E-state index contributed by atoms with van der Waals surface area (Å²) in [7, 11) is 0. The van der Waals surface area contributed by atoms with Crippen LogP contribution in [0.1, 0.15) is 24.5 Å². The van der Waals surface area contributed by atoms with Gasteiger partial charge in [0.25, 0.3) is 0 Å². The molecule has 0 spiro atoms. The third-order valence-corrected chi connectivity index (χ3v) is 2.82. The van der Waals surface area contributed by atoms with Crippen LogP contribution in [-0.2, 0) is 4.74 Å². The molecule has 0 radical (unpaired) electrons. The molecule has 0 saturated heterocycles. The normalized spacial score (nSPS) is 17.6. The molecule has 4 heteroatoms. The average molecular weight is 243 g/mol. The van der Waals surface area contributed by atoms with E-state index in [0.29, 0.717) is 17.9 Å². The number of halogens is 2. The zero-order valence-electron chi connectivity index (χ0n) is 8.62. The topological polar surface area (TPSA) is 29.5 Å². The van der Waals surface area contributed by atoms with E-state index in [0.717, 1.165) is 12.8 Å². The Bertz CT molecular complexity index is 417. The number of hydrogen-bond donors (Lipinski definition) is 1. The number of hydrogen-bond acceptors (Lipinski definition) is 2. The van der Waals surface area contributed by atoms with Crippen LogP contribution in [0.15, 0.2) is 30.0 Å². The Balaban J connectivity index is 2.26. The molecule has 0 amide bonds. The molecule has 1 unspecified atom stereocenters. The van der Waals surface area contributed by atoms with Gasteiger partial charge in [0, 0.05) is 10.6 Å². The minimum atomic E-state index is -0.909. The van der Waals surface area contributed by atoms with Crippen molar-refractivity contribution in [2.24, 2.45) is 0 Å². The zero-order chi connectivity index (χ0) is 11.5. The molecular formula is C12H12ClFO2. The van der Waals surface area contributed by atoms with Crippen molar-refractivity contribution in [2.75, 3.05) is 6.61 Å². The van der Waals surface area contributed by atoms with Crippen LogP contribution in [0.5, 0.6) is 0 Å². The lowest BCUT2D eigenvalue weighted by atomic mass is 10.1. The molecule has 1 aliphatic rings. The Hall–Kier alpha value is -1.06. The Morgan fingerprint density at radius 2 is 2.25 bits per heavy atom. The average Bonchev–Trinajstić information content (AvgIpc) is 2.29. The third-order valence-electron chi connectivity index (χ3n) is 2.49. The standard InChI is InChI=1S/C12H12ClFO2/c13-10-7-8(14)4-5-9(10)12(15)11-3-1-2-6-16-11/h3-5,7,12,15H,1-2,6H2. The molecule has 16 heavy (non-hydrogen) atoms. The van der Waals surface area contributed by atoms with Gasteiger partial charge >= 0.3 is 0 Å².